The number of aromatic nitrogens is 1. The van der Waals surface area contributed by atoms with E-state index < -0.39 is 0 Å². The molecule has 1 N–H and O–H groups in total. The molecule has 0 fully saturated rings. The number of anilines is 1. The van der Waals surface area contributed by atoms with E-state index in [9.17, 15) is 0 Å². The monoisotopic (exact) mass is 294 g/mol. The minimum absolute atomic E-state index is 0.743. The molecule has 1 aromatic heterocycles. The molecule has 2 rings (SSSR count). The molecule has 0 unspecified atom stereocenters. The van der Waals surface area contributed by atoms with Crippen molar-refractivity contribution >= 4 is 32.4 Å². The van der Waals surface area contributed by atoms with E-state index in [4.69, 9.17) is 0 Å². The van der Waals surface area contributed by atoms with Crippen molar-refractivity contribution in [1.29, 1.82) is 0 Å². The Morgan fingerprint density at radius 3 is 2.81 bits per heavy atom. The van der Waals surface area contributed by atoms with Crippen LogP contribution in [0.3, 0.4) is 0 Å². The highest BCUT2D eigenvalue weighted by Gasteiger charge is 2.03. The van der Waals surface area contributed by atoms with Gasteiger partial charge in [-0.15, -0.1) is 17.9 Å². The third kappa shape index (κ3) is 2.71. The topological polar surface area (TPSA) is 24.9 Å². The highest BCUT2D eigenvalue weighted by atomic mass is 79.9. The van der Waals surface area contributed by atoms with Gasteiger partial charge >= 0.3 is 0 Å². The van der Waals surface area contributed by atoms with Crippen LogP contribution in [0.2, 0.25) is 0 Å². The molecular weight excluding hydrogens is 284 g/mol. The van der Waals surface area contributed by atoms with Crippen LogP contribution in [0.25, 0.3) is 11.3 Å². The van der Waals surface area contributed by atoms with E-state index in [1.165, 1.54) is 0 Å². The highest BCUT2D eigenvalue weighted by Crippen LogP contribution is 2.25. The lowest BCUT2D eigenvalue weighted by molar-refractivity contribution is 1.29. The molecule has 0 aliphatic heterocycles. The Morgan fingerprint density at radius 2 is 2.12 bits per heavy atom. The summed E-state index contributed by atoms with van der Waals surface area (Å²) in [5, 5.41) is 6.15. The number of thiazole rings is 1. The van der Waals surface area contributed by atoms with E-state index in [-0.39, 0.29) is 0 Å². The Hall–Kier alpha value is -1.13. The van der Waals surface area contributed by atoms with Gasteiger partial charge in [0.25, 0.3) is 0 Å². The van der Waals surface area contributed by atoms with Gasteiger partial charge in [-0.25, -0.2) is 4.98 Å². The molecule has 0 amide bonds. The lowest BCUT2D eigenvalue weighted by atomic mass is 10.2. The van der Waals surface area contributed by atoms with Gasteiger partial charge in [-0.1, -0.05) is 34.1 Å². The second-order valence-corrected chi connectivity index (χ2v) is 4.99. The zero-order valence-corrected chi connectivity index (χ0v) is 11.0. The number of hydrogen-bond donors (Lipinski definition) is 1. The maximum Gasteiger partial charge on any atom is 0.183 e. The van der Waals surface area contributed by atoms with Crippen molar-refractivity contribution in [3.8, 4) is 11.3 Å². The average Bonchev–Trinajstić information content (AvgIpc) is 2.76. The molecule has 16 heavy (non-hydrogen) atoms. The van der Waals surface area contributed by atoms with Crippen molar-refractivity contribution in [3.63, 3.8) is 0 Å². The fourth-order valence-electron chi connectivity index (χ4n) is 1.27. The molecule has 2 nitrogen and oxygen atoms in total. The SMILES string of the molecule is C=CCNc1nc(-c2ccc(Br)cc2)cs1. The summed E-state index contributed by atoms with van der Waals surface area (Å²) in [6, 6.07) is 8.14. The lowest BCUT2D eigenvalue weighted by Crippen LogP contribution is -1.96. The van der Waals surface area contributed by atoms with E-state index in [0.29, 0.717) is 0 Å². The van der Waals surface area contributed by atoms with Gasteiger partial charge in [-0.05, 0) is 12.1 Å². The predicted octanol–water partition coefficient (Wildman–Crippen LogP) is 4.17. The maximum absolute atomic E-state index is 4.49. The summed E-state index contributed by atoms with van der Waals surface area (Å²) in [7, 11) is 0. The first-order valence-corrected chi connectivity index (χ1v) is 6.53. The Bertz CT molecular complexity index is 476. The largest absolute Gasteiger partial charge is 0.358 e. The van der Waals surface area contributed by atoms with Crippen molar-refractivity contribution in [2.45, 2.75) is 0 Å². The van der Waals surface area contributed by atoms with Crippen LogP contribution in [0.4, 0.5) is 5.13 Å². The fourth-order valence-corrected chi connectivity index (χ4v) is 2.26. The third-order valence-corrected chi connectivity index (χ3v) is 3.37. The zero-order chi connectivity index (χ0) is 11.4. The molecule has 2 aromatic rings. The summed E-state index contributed by atoms with van der Waals surface area (Å²) in [5.74, 6) is 0. The predicted molar refractivity (Wildman–Crippen MR) is 73.9 cm³/mol. The normalized spacial score (nSPS) is 10.1. The third-order valence-electron chi connectivity index (χ3n) is 2.04. The first kappa shape index (κ1) is 11.4. The number of rotatable bonds is 4. The summed E-state index contributed by atoms with van der Waals surface area (Å²) in [5.41, 5.74) is 2.13. The zero-order valence-electron chi connectivity index (χ0n) is 8.61. The Balaban J connectivity index is 2.17. The fraction of sp³-hybridized carbons (Fsp3) is 0.0833. The van der Waals surface area contributed by atoms with E-state index in [2.05, 4.69) is 50.3 Å². The summed E-state index contributed by atoms with van der Waals surface area (Å²) < 4.78 is 1.08. The number of nitrogens with one attached hydrogen (secondary N) is 1. The molecule has 1 heterocycles. The van der Waals surface area contributed by atoms with Gasteiger partial charge in [0.1, 0.15) is 0 Å². The first-order valence-electron chi connectivity index (χ1n) is 4.86. The van der Waals surface area contributed by atoms with Crippen LogP contribution in [0.15, 0.2) is 46.8 Å². The van der Waals surface area contributed by atoms with Crippen LogP contribution >= 0.6 is 27.3 Å². The molecule has 1 aromatic carbocycles. The van der Waals surface area contributed by atoms with Gasteiger partial charge in [0, 0.05) is 22.0 Å². The van der Waals surface area contributed by atoms with Gasteiger partial charge in [0.15, 0.2) is 5.13 Å². The number of benzene rings is 1. The highest BCUT2D eigenvalue weighted by molar-refractivity contribution is 9.10. The molecule has 0 saturated heterocycles. The van der Waals surface area contributed by atoms with Crippen molar-refractivity contribution in [2.24, 2.45) is 0 Å². The Kier molecular flexibility index (Phi) is 3.74. The van der Waals surface area contributed by atoms with Crippen LogP contribution in [0.5, 0.6) is 0 Å². The van der Waals surface area contributed by atoms with Gasteiger partial charge in [0.2, 0.25) is 0 Å². The second kappa shape index (κ2) is 5.27. The van der Waals surface area contributed by atoms with Crippen LogP contribution in [0, 0.1) is 0 Å². The minimum atomic E-state index is 0.743. The second-order valence-electron chi connectivity index (χ2n) is 3.21. The van der Waals surface area contributed by atoms with E-state index >= 15 is 0 Å². The maximum atomic E-state index is 4.49. The summed E-state index contributed by atoms with van der Waals surface area (Å²) in [6.45, 7) is 4.40. The quantitative estimate of drug-likeness (QED) is 0.856. The molecule has 0 saturated carbocycles. The van der Waals surface area contributed by atoms with Crippen LogP contribution in [0.1, 0.15) is 0 Å². The van der Waals surface area contributed by atoms with Gasteiger partial charge in [0.05, 0.1) is 5.69 Å². The number of hydrogen-bond acceptors (Lipinski definition) is 3. The lowest BCUT2D eigenvalue weighted by Gasteiger charge is -1.97. The molecule has 0 radical (unpaired) electrons. The molecule has 0 bridgehead atoms. The van der Waals surface area contributed by atoms with E-state index in [0.717, 1.165) is 27.4 Å². The summed E-state index contributed by atoms with van der Waals surface area (Å²) >= 11 is 5.02. The van der Waals surface area contributed by atoms with Gasteiger partial charge < -0.3 is 5.32 Å². The molecular formula is C12H11BrN2S. The minimum Gasteiger partial charge on any atom is -0.358 e. The van der Waals surface area contributed by atoms with Crippen molar-refractivity contribution in [3.05, 3.63) is 46.8 Å². The van der Waals surface area contributed by atoms with Crippen molar-refractivity contribution in [2.75, 3.05) is 11.9 Å². The van der Waals surface area contributed by atoms with E-state index in [1.807, 2.05) is 18.2 Å². The van der Waals surface area contributed by atoms with Crippen LogP contribution in [-0.2, 0) is 0 Å². The molecule has 0 spiro atoms. The smallest absolute Gasteiger partial charge is 0.183 e. The van der Waals surface area contributed by atoms with E-state index in [1.54, 1.807) is 11.3 Å². The van der Waals surface area contributed by atoms with Crippen LogP contribution < -0.4 is 5.32 Å². The number of nitrogens with zero attached hydrogens (tertiary/aromatic N) is 1. The average molecular weight is 295 g/mol. The first-order chi connectivity index (χ1) is 7.79. The molecule has 0 aliphatic carbocycles. The molecule has 0 atom stereocenters. The van der Waals surface area contributed by atoms with Gasteiger partial charge in [-0.3, -0.25) is 0 Å². The van der Waals surface area contributed by atoms with Crippen molar-refractivity contribution in [1.82, 2.24) is 4.98 Å². The van der Waals surface area contributed by atoms with Crippen molar-refractivity contribution < 1.29 is 0 Å². The Morgan fingerprint density at radius 1 is 1.38 bits per heavy atom. The summed E-state index contributed by atoms with van der Waals surface area (Å²) in [6.07, 6.45) is 1.82. The molecule has 0 aliphatic rings. The Labute approximate surface area is 107 Å². The van der Waals surface area contributed by atoms with Gasteiger partial charge in [-0.2, -0.15) is 0 Å². The number of halogens is 1. The molecule has 4 heteroatoms. The summed E-state index contributed by atoms with van der Waals surface area (Å²) in [4.78, 5) is 4.49. The van der Waals surface area contributed by atoms with Crippen LogP contribution in [-0.4, -0.2) is 11.5 Å². The molecule has 82 valence electrons. The standard InChI is InChI=1S/C12H11BrN2S/c1-2-7-14-12-15-11(8-16-12)9-3-5-10(13)6-4-9/h2-6,8H,1,7H2,(H,14,15).